The second kappa shape index (κ2) is 7.42. The quantitative estimate of drug-likeness (QED) is 0.881. The van der Waals surface area contributed by atoms with E-state index in [0.717, 1.165) is 5.56 Å². The SMILES string of the molecule is CC(C)(C)Nc1nccc(C(=O)NCCc2cccc(Cl)c2)n1. The summed E-state index contributed by atoms with van der Waals surface area (Å²) in [4.78, 5) is 20.5. The minimum absolute atomic E-state index is 0.165. The number of nitrogens with zero attached hydrogens (tertiary/aromatic N) is 2. The molecule has 0 fully saturated rings. The van der Waals surface area contributed by atoms with Crippen molar-refractivity contribution >= 4 is 23.5 Å². The minimum atomic E-state index is -0.216. The highest BCUT2D eigenvalue weighted by Gasteiger charge is 2.13. The first-order chi connectivity index (χ1) is 10.8. The van der Waals surface area contributed by atoms with Gasteiger partial charge < -0.3 is 10.6 Å². The number of anilines is 1. The van der Waals surface area contributed by atoms with Gasteiger partial charge in [0.1, 0.15) is 5.69 Å². The van der Waals surface area contributed by atoms with Gasteiger partial charge in [-0.1, -0.05) is 23.7 Å². The molecular weight excluding hydrogens is 312 g/mol. The molecule has 0 aliphatic heterocycles. The molecule has 0 atom stereocenters. The fraction of sp³-hybridized carbons (Fsp3) is 0.353. The van der Waals surface area contributed by atoms with E-state index in [0.29, 0.717) is 29.6 Å². The highest BCUT2D eigenvalue weighted by molar-refractivity contribution is 6.30. The average molecular weight is 333 g/mol. The zero-order valence-electron chi connectivity index (χ0n) is 13.6. The molecule has 2 rings (SSSR count). The van der Waals surface area contributed by atoms with Gasteiger partial charge in [0.05, 0.1) is 0 Å². The van der Waals surface area contributed by atoms with Gasteiger partial charge in [-0.2, -0.15) is 0 Å². The van der Waals surface area contributed by atoms with Crippen LogP contribution in [-0.2, 0) is 6.42 Å². The fourth-order valence-electron chi connectivity index (χ4n) is 1.98. The van der Waals surface area contributed by atoms with Crippen LogP contribution in [0.15, 0.2) is 36.5 Å². The molecule has 122 valence electrons. The third-order valence-corrected chi connectivity index (χ3v) is 3.20. The molecule has 23 heavy (non-hydrogen) atoms. The number of halogens is 1. The van der Waals surface area contributed by atoms with E-state index >= 15 is 0 Å². The van der Waals surface area contributed by atoms with Crippen LogP contribution in [0.2, 0.25) is 5.02 Å². The van der Waals surface area contributed by atoms with Gasteiger partial charge in [0.2, 0.25) is 5.95 Å². The van der Waals surface area contributed by atoms with E-state index in [1.165, 1.54) is 0 Å². The number of rotatable bonds is 5. The number of carbonyl (C=O) groups is 1. The standard InChI is InChI=1S/C17H21ClN4O/c1-17(2,3)22-16-20-10-8-14(21-16)15(23)19-9-7-12-5-4-6-13(18)11-12/h4-6,8,10-11H,7,9H2,1-3H3,(H,19,23)(H,20,21,22). The summed E-state index contributed by atoms with van der Waals surface area (Å²) in [5.74, 6) is 0.228. The van der Waals surface area contributed by atoms with E-state index in [1.807, 2.05) is 45.0 Å². The first kappa shape index (κ1) is 17.2. The first-order valence-corrected chi connectivity index (χ1v) is 7.85. The number of carbonyl (C=O) groups excluding carboxylic acids is 1. The number of aromatic nitrogens is 2. The van der Waals surface area contributed by atoms with Crippen molar-refractivity contribution in [1.29, 1.82) is 0 Å². The monoisotopic (exact) mass is 332 g/mol. The Hall–Kier alpha value is -2.14. The molecule has 2 N–H and O–H groups in total. The van der Waals surface area contributed by atoms with Crippen LogP contribution in [0.5, 0.6) is 0 Å². The Bertz CT molecular complexity index is 682. The molecule has 0 aliphatic carbocycles. The van der Waals surface area contributed by atoms with Crippen molar-refractivity contribution in [2.24, 2.45) is 0 Å². The number of nitrogens with one attached hydrogen (secondary N) is 2. The Morgan fingerprint density at radius 3 is 2.74 bits per heavy atom. The first-order valence-electron chi connectivity index (χ1n) is 7.47. The second-order valence-electron chi connectivity index (χ2n) is 6.28. The predicted octanol–water partition coefficient (Wildman–Crippen LogP) is 3.31. The van der Waals surface area contributed by atoms with Gasteiger partial charge in [0.25, 0.3) is 5.91 Å². The number of amides is 1. The zero-order valence-corrected chi connectivity index (χ0v) is 14.3. The maximum atomic E-state index is 12.2. The summed E-state index contributed by atoms with van der Waals surface area (Å²) in [6.07, 6.45) is 2.29. The normalized spacial score (nSPS) is 11.1. The summed E-state index contributed by atoms with van der Waals surface area (Å²) in [5, 5.41) is 6.70. The average Bonchev–Trinajstić information content (AvgIpc) is 2.45. The lowest BCUT2D eigenvalue weighted by Crippen LogP contribution is -2.29. The molecule has 1 amide bonds. The van der Waals surface area contributed by atoms with Crippen molar-refractivity contribution in [3.63, 3.8) is 0 Å². The lowest BCUT2D eigenvalue weighted by Gasteiger charge is -2.20. The fourth-order valence-corrected chi connectivity index (χ4v) is 2.20. The van der Waals surface area contributed by atoms with Crippen molar-refractivity contribution < 1.29 is 4.79 Å². The van der Waals surface area contributed by atoms with Crippen molar-refractivity contribution in [3.05, 3.63) is 52.8 Å². The van der Waals surface area contributed by atoms with Gasteiger partial charge in [-0.05, 0) is 51.0 Å². The molecule has 0 spiro atoms. The highest BCUT2D eigenvalue weighted by atomic mass is 35.5. The molecule has 0 bridgehead atoms. The van der Waals surface area contributed by atoms with Crippen LogP contribution in [0.4, 0.5) is 5.95 Å². The number of hydrogen-bond acceptors (Lipinski definition) is 4. The molecule has 2 aromatic rings. The summed E-state index contributed by atoms with van der Waals surface area (Å²) < 4.78 is 0. The smallest absolute Gasteiger partial charge is 0.270 e. The topological polar surface area (TPSA) is 66.9 Å². The van der Waals surface area contributed by atoms with Crippen LogP contribution in [0.25, 0.3) is 0 Å². The lowest BCUT2D eigenvalue weighted by atomic mass is 10.1. The van der Waals surface area contributed by atoms with E-state index in [2.05, 4.69) is 20.6 Å². The Labute approximate surface area is 141 Å². The molecule has 0 saturated heterocycles. The molecule has 1 heterocycles. The molecule has 0 saturated carbocycles. The molecule has 0 radical (unpaired) electrons. The van der Waals surface area contributed by atoms with Crippen LogP contribution in [-0.4, -0.2) is 28.0 Å². The predicted molar refractivity (Wildman–Crippen MR) is 92.9 cm³/mol. The molecule has 0 unspecified atom stereocenters. The van der Waals surface area contributed by atoms with Gasteiger partial charge in [-0.25, -0.2) is 9.97 Å². The third kappa shape index (κ3) is 5.87. The Kier molecular flexibility index (Phi) is 5.55. The molecule has 1 aromatic heterocycles. The number of hydrogen-bond donors (Lipinski definition) is 2. The van der Waals surface area contributed by atoms with E-state index < -0.39 is 0 Å². The largest absolute Gasteiger partial charge is 0.350 e. The maximum Gasteiger partial charge on any atom is 0.270 e. The van der Waals surface area contributed by atoms with Gasteiger partial charge in [-0.15, -0.1) is 0 Å². The number of benzene rings is 1. The van der Waals surface area contributed by atoms with Gasteiger partial charge in [0.15, 0.2) is 0 Å². The molecule has 0 aliphatic rings. The van der Waals surface area contributed by atoms with Crippen molar-refractivity contribution in [2.45, 2.75) is 32.7 Å². The van der Waals surface area contributed by atoms with Crippen molar-refractivity contribution in [3.8, 4) is 0 Å². The van der Waals surface area contributed by atoms with E-state index in [-0.39, 0.29) is 11.4 Å². The van der Waals surface area contributed by atoms with Crippen molar-refractivity contribution in [2.75, 3.05) is 11.9 Å². The third-order valence-electron chi connectivity index (χ3n) is 2.96. The van der Waals surface area contributed by atoms with Gasteiger partial charge in [0, 0.05) is 23.3 Å². The van der Waals surface area contributed by atoms with Crippen LogP contribution in [0.1, 0.15) is 36.8 Å². The lowest BCUT2D eigenvalue weighted by molar-refractivity contribution is 0.0949. The van der Waals surface area contributed by atoms with E-state index in [4.69, 9.17) is 11.6 Å². The summed E-state index contributed by atoms with van der Waals surface area (Å²) in [6.45, 7) is 6.54. The second-order valence-corrected chi connectivity index (χ2v) is 6.71. The summed E-state index contributed by atoms with van der Waals surface area (Å²) in [7, 11) is 0. The Balaban J connectivity index is 1.92. The van der Waals surface area contributed by atoms with Crippen LogP contribution in [0.3, 0.4) is 0 Å². The minimum Gasteiger partial charge on any atom is -0.350 e. The molecule has 1 aromatic carbocycles. The Morgan fingerprint density at radius 2 is 2.04 bits per heavy atom. The van der Waals surface area contributed by atoms with Crippen LogP contribution < -0.4 is 10.6 Å². The van der Waals surface area contributed by atoms with Crippen LogP contribution in [0, 0.1) is 0 Å². The summed E-state index contributed by atoms with van der Waals surface area (Å²) >= 11 is 5.94. The van der Waals surface area contributed by atoms with E-state index in [1.54, 1.807) is 12.3 Å². The van der Waals surface area contributed by atoms with Crippen LogP contribution >= 0.6 is 11.6 Å². The maximum absolute atomic E-state index is 12.2. The van der Waals surface area contributed by atoms with Gasteiger partial charge in [-0.3, -0.25) is 4.79 Å². The zero-order chi connectivity index (χ0) is 16.9. The molecule has 5 nitrogen and oxygen atoms in total. The highest BCUT2D eigenvalue weighted by Crippen LogP contribution is 2.11. The molecular formula is C17H21ClN4O. The summed E-state index contributed by atoms with van der Waals surface area (Å²) in [5.41, 5.74) is 1.26. The van der Waals surface area contributed by atoms with E-state index in [9.17, 15) is 4.79 Å². The summed E-state index contributed by atoms with van der Waals surface area (Å²) in [6, 6.07) is 9.20. The molecule has 6 heteroatoms. The van der Waals surface area contributed by atoms with Gasteiger partial charge >= 0.3 is 0 Å². The van der Waals surface area contributed by atoms with Crippen molar-refractivity contribution in [1.82, 2.24) is 15.3 Å². The Morgan fingerprint density at radius 1 is 1.26 bits per heavy atom.